The molecule has 1 aliphatic rings. The maximum absolute atomic E-state index is 11.1. The average Bonchev–Trinajstić information content (AvgIpc) is 2.68. The molecule has 0 aromatic heterocycles. The van der Waals surface area contributed by atoms with Crippen LogP contribution >= 0.6 is 0 Å². The zero-order valence-corrected chi connectivity index (χ0v) is 17.4. The molecule has 28 heavy (non-hydrogen) atoms. The van der Waals surface area contributed by atoms with Crippen molar-refractivity contribution in [2.75, 3.05) is 58.8 Å². The fourth-order valence-electron chi connectivity index (χ4n) is 2.98. The molecule has 0 bridgehead atoms. The Balaban J connectivity index is 2.12. The van der Waals surface area contributed by atoms with Crippen molar-refractivity contribution < 1.29 is 17.9 Å². The Morgan fingerprint density at radius 2 is 1.96 bits per heavy atom. The first-order valence-electron chi connectivity index (χ1n) is 9.41. The Kier molecular flexibility index (Phi) is 8.97. The van der Waals surface area contributed by atoms with Crippen LogP contribution in [0.25, 0.3) is 0 Å². The minimum atomic E-state index is -3.51. The van der Waals surface area contributed by atoms with Gasteiger partial charge in [-0.2, -0.15) is 0 Å². The lowest BCUT2D eigenvalue weighted by Crippen LogP contribution is -2.42. The molecule has 1 saturated heterocycles. The van der Waals surface area contributed by atoms with Crippen molar-refractivity contribution in [2.45, 2.75) is 13.0 Å². The van der Waals surface area contributed by atoms with Gasteiger partial charge in [0, 0.05) is 26.2 Å². The maximum atomic E-state index is 11.1. The van der Waals surface area contributed by atoms with Gasteiger partial charge in [-0.05, 0) is 24.6 Å². The summed E-state index contributed by atoms with van der Waals surface area (Å²) in [4.78, 5) is 7.02. The molecule has 0 aliphatic carbocycles. The van der Waals surface area contributed by atoms with Crippen LogP contribution in [0.2, 0.25) is 0 Å². The monoisotopic (exact) mass is 413 g/mol. The first-order valence-corrected chi connectivity index (χ1v) is 11.1. The molecule has 1 aliphatic heterocycles. The Hall–Kier alpha value is -1.88. The third-order valence-electron chi connectivity index (χ3n) is 4.43. The zero-order chi connectivity index (χ0) is 20.4. The highest BCUT2D eigenvalue weighted by molar-refractivity contribution is 7.89. The average molecular weight is 414 g/mol. The summed E-state index contributed by atoms with van der Waals surface area (Å²) < 4.78 is 33.0. The van der Waals surface area contributed by atoms with Crippen molar-refractivity contribution in [2.24, 2.45) is 10.1 Å². The van der Waals surface area contributed by atoms with E-state index in [-0.39, 0.29) is 18.3 Å². The molecule has 1 heterocycles. The fraction of sp³-hybridized carbons (Fsp3) is 0.611. The van der Waals surface area contributed by atoms with Crippen LogP contribution in [0.15, 0.2) is 29.3 Å². The molecule has 0 amide bonds. The first kappa shape index (κ1) is 22.4. The van der Waals surface area contributed by atoms with E-state index in [2.05, 4.69) is 32.7 Å². The summed E-state index contributed by atoms with van der Waals surface area (Å²) in [6, 6.07) is 8.08. The highest BCUT2D eigenvalue weighted by Gasteiger charge is 2.22. The van der Waals surface area contributed by atoms with Crippen molar-refractivity contribution in [3.63, 3.8) is 0 Å². The van der Waals surface area contributed by atoms with Gasteiger partial charge in [0.1, 0.15) is 5.75 Å². The second kappa shape index (κ2) is 11.2. The topological polar surface area (TPSA) is 118 Å². The van der Waals surface area contributed by atoms with E-state index in [1.54, 1.807) is 7.11 Å². The molecule has 1 aromatic rings. The number of primary sulfonamides is 1. The SMILES string of the molecule is CCNC(=NCC(c1ccc(OC)cc1)N1CCOCC1)NCCS(N)(=O)=O. The molecule has 2 rings (SSSR count). The van der Waals surface area contributed by atoms with Crippen LogP contribution in [-0.4, -0.2) is 78.1 Å². The summed E-state index contributed by atoms with van der Waals surface area (Å²) in [6.07, 6.45) is 0. The summed E-state index contributed by atoms with van der Waals surface area (Å²) in [6.45, 7) is 6.42. The number of rotatable bonds is 9. The van der Waals surface area contributed by atoms with Gasteiger partial charge in [0.2, 0.25) is 10.0 Å². The van der Waals surface area contributed by atoms with Gasteiger partial charge in [-0.1, -0.05) is 12.1 Å². The molecule has 0 spiro atoms. The second-order valence-corrected chi connectivity index (χ2v) is 8.18. The van der Waals surface area contributed by atoms with Gasteiger partial charge in [-0.3, -0.25) is 9.89 Å². The molecular weight excluding hydrogens is 382 g/mol. The van der Waals surface area contributed by atoms with Crippen LogP contribution in [-0.2, 0) is 14.8 Å². The third kappa shape index (κ3) is 7.63. The van der Waals surface area contributed by atoms with E-state index in [9.17, 15) is 8.42 Å². The van der Waals surface area contributed by atoms with Crippen LogP contribution < -0.4 is 20.5 Å². The summed E-state index contributed by atoms with van der Waals surface area (Å²) >= 11 is 0. The summed E-state index contributed by atoms with van der Waals surface area (Å²) in [7, 11) is -1.86. The third-order valence-corrected chi connectivity index (χ3v) is 5.21. The van der Waals surface area contributed by atoms with E-state index < -0.39 is 10.0 Å². The number of hydrogen-bond acceptors (Lipinski definition) is 6. The first-order chi connectivity index (χ1) is 13.4. The summed E-state index contributed by atoms with van der Waals surface area (Å²) in [5.41, 5.74) is 1.15. The number of guanidine groups is 1. The molecule has 1 unspecified atom stereocenters. The number of methoxy groups -OCH3 is 1. The number of ether oxygens (including phenoxy) is 2. The minimum absolute atomic E-state index is 0.0866. The maximum Gasteiger partial charge on any atom is 0.210 e. The highest BCUT2D eigenvalue weighted by Crippen LogP contribution is 2.24. The van der Waals surface area contributed by atoms with Gasteiger partial charge in [-0.15, -0.1) is 0 Å². The Morgan fingerprint density at radius 1 is 1.29 bits per heavy atom. The molecule has 1 aromatic carbocycles. The van der Waals surface area contributed by atoms with Gasteiger partial charge in [0.05, 0.1) is 38.7 Å². The number of sulfonamides is 1. The van der Waals surface area contributed by atoms with Crippen molar-refractivity contribution in [3.8, 4) is 5.75 Å². The second-order valence-electron chi connectivity index (χ2n) is 6.45. The van der Waals surface area contributed by atoms with E-state index in [1.165, 1.54) is 0 Å². The highest BCUT2D eigenvalue weighted by atomic mass is 32.2. The number of benzene rings is 1. The van der Waals surface area contributed by atoms with Crippen molar-refractivity contribution in [1.29, 1.82) is 0 Å². The number of aliphatic imine (C=N–C) groups is 1. The van der Waals surface area contributed by atoms with Gasteiger partial charge < -0.3 is 20.1 Å². The predicted molar refractivity (Wildman–Crippen MR) is 110 cm³/mol. The number of hydrogen-bond donors (Lipinski definition) is 3. The standard InChI is InChI=1S/C18H31N5O4S/c1-3-20-18(21-8-13-28(19,24)25)22-14-17(23-9-11-27-12-10-23)15-4-6-16(26-2)7-5-15/h4-7,17H,3,8-14H2,1-2H3,(H2,19,24,25)(H2,20,21,22). The van der Waals surface area contributed by atoms with Gasteiger partial charge >= 0.3 is 0 Å². The molecule has 4 N–H and O–H groups in total. The van der Waals surface area contributed by atoms with E-state index in [0.717, 1.165) is 24.4 Å². The number of morpholine rings is 1. The molecule has 10 heteroatoms. The van der Waals surface area contributed by atoms with Crippen LogP contribution in [0, 0.1) is 0 Å². The normalized spacial score (nSPS) is 17.2. The van der Waals surface area contributed by atoms with E-state index in [4.69, 9.17) is 14.6 Å². The van der Waals surface area contributed by atoms with Gasteiger partial charge in [0.15, 0.2) is 5.96 Å². The van der Waals surface area contributed by atoms with Crippen molar-refractivity contribution >= 4 is 16.0 Å². The van der Waals surface area contributed by atoms with Crippen LogP contribution in [0.3, 0.4) is 0 Å². The molecule has 0 saturated carbocycles. The Morgan fingerprint density at radius 3 is 2.54 bits per heavy atom. The Bertz CT molecular complexity index is 718. The lowest BCUT2D eigenvalue weighted by atomic mass is 10.0. The van der Waals surface area contributed by atoms with E-state index >= 15 is 0 Å². The van der Waals surface area contributed by atoms with Crippen LogP contribution in [0.4, 0.5) is 0 Å². The van der Waals surface area contributed by atoms with Crippen molar-refractivity contribution in [1.82, 2.24) is 15.5 Å². The summed E-state index contributed by atoms with van der Waals surface area (Å²) in [5.74, 6) is 1.23. The fourth-order valence-corrected chi connectivity index (χ4v) is 3.36. The lowest BCUT2D eigenvalue weighted by molar-refractivity contribution is 0.0179. The van der Waals surface area contributed by atoms with E-state index in [0.29, 0.717) is 32.3 Å². The lowest BCUT2D eigenvalue weighted by Gasteiger charge is -2.34. The number of nitrogens with zero attached hydrogens (tertiary/aromatic N) is 2. The molecule has 158 valence electrons. The van der Waals surface area contributed by atoms with E-state index in [1.807, 2.05) is 19.1 Å². The Labute approximate surface area is 167 Å². The predicted octanol–water partition coefficient (Wildman–Crippen LogP) is -0.0879. The summed E-state index contributed by atoms with van der Waals surface area (Å²) in [5, 5.41) is 11.2. The van der Waals surface area contributed by atoms with Crippen LogP contribution in [0.5, 0.6) is 5.75 Å². The van der Waals surface area contributed by atoms with Crippen LogP contribution in [0.1, 0.15) is 18.5 Å². The van der Waals surface area contributed by atoms with Gasteiger partial charge in [-0.25, -0.2) is 13.6 Å². The number of nitrogens with one attached hydrogen (secondary N) is 2. The zero-order valence-electron chi connectivity index (χ0n) is 16.6. The van der Waals surface area contributed by atoms with Crippen molar-refractivity contribution in [3.05, 3.63) is 29.8 Å². The molecular formula is C18H31N5O4S. The molecule has 1 fully saturated rings. The minimum Gasteiger partial charge on any atom is -0.497 e. The largest absolute Gasteiger partial charge is 0.497 e. The molecule has 1 atom stereocenters. The molecule has 0 radical (unpaired) electrons. The van der Waals surface area contributed by atoms with Gasteiger partial charge in [0.25, 0.3) is 0 Å². The number of nitrogens with two attached hydrogens (primary N) is 1. The smallest absolute Gasteiger partial charge is 0.210 e. The molecule has 9 nitrogen and oxygen atoms in total. The quantitative estimate of drug-likeness (QED) is 0.382.